The van der Waals surface area contributed by atoms with Crippen molar-refractivity contribution in [3.8, 4) is 0 Å². The Bertz CT molecular complexity index is 236. The summed E-state index contributed by atoms with van der Waals surface area (Å²) < 4.78 is 4.68. The van der Waals surface area contributed by atoms with Crippen LogP contribution in [0.5, 0.6) is 0 Å². The second-order valence-corrected chi connectivity index (χ2v) is 4.75. The van der Waals surface area contributed by atoms with E-state index in [0.717, 1.165) is 32.5 Å². The van der Waals surface area contributed by atoms with Gasteiger partial charge in [0.2, 0.25) is 0 Å². The molecule has 0 spiro atoms. The fourth-order valence-electron chi connectivity index (χ4n) is 2.51. The van der Waals surface area contributed by atoms with Crippen molar-refractivity contribution in [2.45, 2.75) is 25.3 Å². The molecule has 0 aromatic rings. The molecular weight excluding hydrogens is 218 g/mol. The molecule has 1 saturated heterocycles. The van der Waals surface area contributed by atoms with Gasteiger partial charge in [-0.15, -0.1) is 0 Å². The van der Waals surface area contributed by atoms with Crippen LogP contribution in [0.3, 0.4) is 0 Å². The summed E-state index contributed by atoms with van der Waals surface area (Å²) in [6.45, 7) is 3.74. The first-order valence-electron chi connectivity index (χ1n) is 6.36. The molecule has 0 saturated carbocycles. The Hall–Kier alpha value is -0.650. The van der Waals surface area contributed by atoms with Crippen LogP contribution in [0.2, 0.25) is 0 Å². The predicted octanol–water partition coefficient (Wildman–Crippen LogP) is -0.192. The number of hydrogen-bond acceptors (Lipinski definition) is 5. The van der Waals surface area contributed by atoms with Gasteiger partial charge in [-0.2, -0.15) is 0 Å². The summed E-state index contributed by atoms with van der Waals surface area (Å²) in [6, 6.07) is 0.512. The molecular formula is C12H25N3O2. The summed E-state index contributed by atoms with van der Waals surface area (Å²) >= 11 is 0. The lowest BCUT2D eigenvalue weighted by molar-refractivity contribution is -0.141. The predicted molar refractivity (Wildman–Crippen MR) is 67.7 cm³/mol. The third-order valence-corrected chi connectivity index (χ3v) is 3.45. The number of nitrogens with zero attached hydrogens (tertiary/aromatic N) is 1. The first-order chi connectivity index (χ1) is 8.19. The van der Waals surface area contributed by atoms with Crippen LogP contribution in [0.15, 0.2) is 0 Å². The third kappa shape index (κ3) is 5.02. The normalized spacial score (nSPS) is 25.8. The van der Waals surface area contributed by atoms with Gasteiger partial charge < -0.3 is 20.7 Å². The van der Waals surface area contributed by atoms with E-state index in [4.69, 9.17) is 5.73 Å². The van der Waals surface area contributed by atoms with E-state index in [0.29, 0.717) is 24.9 Å². The van der Waals surface area contributed by atoms with Crippen molar-refractivity contribution in [3.63, 3.8) is 0 Å². The highest BCUT2D eigenvalue weighted by molar-refractivity contribution is 5.69. The average Bonchev–Trinajstić information content (AvgIpc) is 2.36. The van der Waals surface area contributed by atoms with Crippen LogP contribution in [0.4, 0.5) is 0 Å². The number of ether oxygens (including phenoxy) is 1. The van der Waals surface area contributed by atoms with E-state index >= 15 is 0 Å². The molecule has 1 aliphatic rings. The topological polar surface area (TPSA) is 67.6 Å². The van der Waals surface area contributed by atoms with Crippen molar-refractivity contribution in [2.75, 3.05) is 40.3 Å². The van der Waals surface area contributed by atoms with Crippen LogP contribution in [-0.4, -0.2) is 57.2 Å². The van der Waals surface area contributed by atoms with Gasteiger partial charge in [-0.25, -0.2) is 0 Å². The van der Waals surface area contributed by atoms with Gasteiger partial charge in [0, 0.05) is 38.6 Å². The number of piperidine rings is 1. The second kappa shape index (κ2) is 7.63. The van der Waals surface area contributed by atoms with E-state index < -0.39 is 0 Å². The van der Waals surface area contributed by atoms with Gasteiger partial charge in [0.05, 0.1) is 7.11 Å². The number of rotatable bonds is 6. The maximum atomic E-state index is 11.1. The number of carbonyl (C=O) groups is 1. The molecule has 1 aliphatic heterocycles. The number of likely N-dealkylation sites (N-methyl/N-ethyl adjacent to an activating group) is 1. The maximum absolute atomic E-state index is 11.1. The molecule has 1 fully saturated rings. The van der Waals surface area contributed by atoms with Gasteiger partial charge in [0.15, 0.2) is 0 Å². The molecule has 1 rings (SSSR count). The standard InChI is InChI=1S/C12H25N3O2/c1-14-11-7-10(3-4-12(16)17-2)8-15(9-11)6-5-13/h10-11,14H,3-9,13H2,1-2H3. The lowest BCUT2D eigenvalue weighted by Gasteiger charge is -2.37. The molecule has 2 atom stereocenters. The Balaban J connectivity index is 2.39. The van der Waals surface area contributed by atoms with Gasteiger partial charge in [-0.05, 0) is 25.8 Å². The number of esters is 1. The third-order valence-electron chi connectivity index (χ3n) is 3.45. The molecule has 2 unspecified atom stereocenters. The van der Waals surface area contributed by atoms with Crippen LogP contribution in [-0.2, 0) is 9.53 Å². The largest absolute Gasteiger partial charge is 0.469 e. The maximum Gasteiger partial charge on any atom is 0.305 e. The molecule has 0 radical (unpaired) electrons. The molecule has 0 aromatic carbocycles. The van der Waals surface area contributed by atoms with Gasteiger partial charge in [-0.3, -0.25) is 4.79 Å². The first-order valence-corrected chi connectivity index (χ1v) is 6.36. The Labute approximate surface area is 104 Å². The van der Waals surface area contributed by atoms with E-state index in [1.54, 1.807) is 0 Å². The molecule has 100 valence electrons. The summed E-state index contributed by atoms with van der Waals surface area (Å²) in [5.41, 5.74) is 5.60. The quantitative estimate of drug-likeness (QED) is 0.633. The Morgan fingerprint density at radius 2 is 2.29 bits per heavy atom. The molecule has 0 bridgehead atoms. The lowest BCUT2D eigenvalue weighted by Crippen LogP contribution is -2.49. The van der Waals surface area contributed by atoms with Crippen molar-refractivity contribution < 1.29 is 9.53 Å². The molecule has 5 heteroatoms. The van der Waals surface area contributed by atoms with Crippen LogP contribution >= 0.6 is 0 Å². The highest BCUT2D eigenvalue weighted by Crippen LogP contribution is 2.21. The van der Waals surface area contributed by atoms with E-state index in [-0.39, 0.29) is 5.97 Å². The Kier molecular flexibility index (Phi) is 6.47. The molecule has 1 heterocycles. The van der Waals surface area contributed by atoms with E-state index in [1.165, 1.54) is 7.11 Å². The van der Waals surface area contributed by atoms with Crippen molar-refractivity contribution in [1.29, 1.82) is 0 Å². The van der Waals surface area contributed by atoms with E-state index in [1.807, 2.05) is 7.05 Å². The highest BCUT2D eigenvalue weighted by atomic mass is 16.5. The first kappa shape index (κ1) is 14.4. The van der Waals surface area contributed by atoms with Crippen molar-refractivity contribution in [3.05, 3.63) is 0 Å². The molecule has 0 aromatic heterocycles. The van der Waals surface area contributed by atoms with Crippen LogP contribution in [0, 0.1) is 5.92 Å². The lowest BCUT2D eigenvalue weighted by atomic mass is 9.90. The van der Waals surface area contributed by atoms with E-state index in [9.17, 15) is 4.79 Å². The zero-order valence-electron chi connectivity index (χ0n) is 10.9. The average molecular weight is 243 g/mol. The number of hydrogen-bond donors (Lipinski definition) is 2. The van der Waals surface area contributed by atoms with E-state index in [2.05, 4.69) is 15.0 Å². The number of likely N-dealkylation sites (tertiary alicyclic amines) is 1. The van der Waals surface area contributed by atoms with Crippen molar-refractivity contribution >= 4 is 5.97 Å². The van der Waals surface area contributed by atoms with Crippen LogP contribution in [0.25, 0.3) is 0 Å². The monoisotopic (exact) mass is 243 g/mol. The zero-order valence-corrected chi connectivity index (χ0v) is 10.9. The SMILES string of the molecule is CNC1CC(CCC(=O)OC)CN(CCN)C1. The van der Waals surface area contributed by atoms with Crippen molar-refractivity contribution in [2.24, 2.45) is 11.7 Å². The number of carbonyl (C=O) groups excluding carboxylic acids is 1. The fraction of sp³-hybridized carbons (Fsp3) is 0.917. The summed E-state index contributed by atoms with van der Waals surface area (Å²) in [6.07, 6.45) is 2.56. The summed E-state index contributed by atoms with van der Waals surface area (Å²) in [5.74, 6) is 0.453. The Morgan fingerprint density at radius 1 is 1.53 bits per heavy atom. The molecule has 0 amide bonds. The van der Waals surface area contributed by atoms with Gasteiger partial charge in [0.1, 0.15) is 0 Å². The minimum absolute atomic E-state index is 0.109. The second-order valence-electron chi connectivity index (χ2n) is 4.75. The smallest absolute Gasteiger partial charge is 0.305 e. The van der Waals surface area contributed by atoms with Crippen LogP contribution < -0.4 is 11.1 Å². The van der Waals surface area contributed by atoms with Gasteiger partial charge >= 0.3 is 5.97 Å². The van der Waals surface area contributed by atoms with Gasteiger partial charge in [-0.1, -0.05) is 0 Å². The minimum atomic E-state index is -0.109. The molecule has 0 aliphatic carbocycles. The number of methoxy groups -OCH3 is 1. The van der Waals surface area contributed by atoms with Gasteiger partial charge in [0.25, 0.3) is 0 Å². The van der Waals surface area contributed by atoms with Crippen molar-refractivity contribution in [1.82, 2.24) is 10.2 Å². The number of nitrogens with two attached hydrogens (primary N) is 1. The fourth-order valence-corrected chi connectivity index (χ4v) is 2.51. The zero-order chi connectivity index (χ0) is 12.7. The molecule has 3 N–H and O–H groups in total. The summed E-state index contributed by atoms with van der Waals surface area (Å²) in [4.78, 5) is 13.5. The summed E-state index contributed by atoms with van der Waals surface area (Å²) in [7, 11) is 3.44. The highest BCUT2D eigenvalue weighted by Gasteiger charge is 2.26. The van der Waals surface area contributed by atoms with Crippen LogP contribution in [0.1, 0.15) is 19.3 Å². The number of nitrogens with one attached hydrogen (secondary N) is 1. The molecule has 5 nitrogen and oxygen atoms in total. The molecule has 17 heavy (non-hydrogen) atoms. The summed E-state index contributed by atoms with van der Waals surface area (Å²) in [5, 5.41) is 3.33. The minimum Gasteiger partial charge on any atom is -0.469 e. The Morgan fingerprint density at radius 3 is 2.88 bits per heavy atom.